The van der Waals surface area contributed by atoms with Gasteiger partial charge in [0.15, 0.2) is 0 Å². The molecule has 0 N–H and O–H groups in total. The molecule has 4 aliphatic carbocycles. The highest BCUT2D eigenvalue weighted by atomic mass is 16.5. The Balaban J connectivity index is 1.33. The van der Waals surface area contributed by atoms with Gasteiger partial charge < -0.3 is 14.2 Å². The van der Waals surface area contributed by atoms with Gasteiger partial charge in [-0.25, -0.2) is 0 Å². The van der Waals surface area contributed by atoms with E-state index in [1.165, 1.54) is 44.9 Å². The molecular formula is C21H28N6O2. The summed E-state index contributed by atoms with van der Waals surface area (Å²) in [7, 11) is 1.58. The van der Waals surface area contributed by atoms with Crippen molar-refractivity contribution in [2.75, 3.05) is 25.1 Å². The maximum atomic E-state index is 5.85. The summed E-state index contributed by atoms with van der Waals surface area (Å²) in [6.45, 7) is 1.91. The van der Waals surface area contributed by atoms with E-state index in [9.17, 15) is 0 Å². The Morgan fingerprint density at radius 3 is 2.21 bits per heavy atom. The molecule has 3 heterocycles. The van der Waals surface area contributed by atoms with E-state index in [2.05, 4.69) is 25.0 Å². The highest BCUT2D eigenvalue weighted by molar-refractivity contribution is 5.47. The fourth-order valence-corrected chi connectivity index (χ4v) is 6.67. The predicted octanol–water partition coefficient (Wildman–Crippen LogP) is 3.39. The molecule has 2 aromatic rings. The minimum Gasteiger partial charge on any atom is -0.467 e. The Hall–Kier alpha value is -2.25. The van der Waals surface area contributed by atoms with Crippen LogP contribution in [-0.2, 0) is 5.41 Å². The van der Waals surface area contributed by atoms with E-state index in [0.717, 1.165) is 49.6 Å². The van der Waals surface area contributed by atoms with Crippen molar-refractivity contribution in [2.45, 2.75) is 63.2 Å². The van der Waals surface area contributed by atoms with Gasteiger partial charge in [-0.15, -0.1) is 0 Å². The monoisotopic (exact) mass is 396 g/mol. The van der Waals surface area contributed by atoms with Crippen molar-refractivity contribution < 1.29 is 9.26 Å². The maximum Gasteiger partial charge on any atom is 0.321 e. The van der Waals surface area contributed by atoms with E-state index in [-0.39, 0.29) is 5.41 Å². The first-order valence-electron chi connectivity index (χ1n) is 11.1. The molecule has 4 saturated carbocycles. The van der Waals surface area contributed by atoms with Crippen molar-refractivity contribution in [3.8, 4) is 17.7 Å². The highest BCUT2D eigenvalue weighted by Crippen LogP contribution is 2.60. The van der Waals surface area contributed by atoms with Crippen LogP contribution in [0.2, 0.25) is 0 Å². The SMILES string of the molecule is COc1nc(-c2noc(C34CC5CC(CC(C5)C3)C4)n2)nc(N2CCCCC2)n1. The molecule has 0 unspecified atom stereocenters. The topological polar surface area (TPSA) is 90.1 Å². The van der Waals surface area contributed by atoms with Crippen molar-refractivity contribution in [3.05, 3.63) is 5.89 Å². The summed E-state index contributed by atoms with van der Waals surface area (Å²) in [4.78, 5) is 20.6. The second-order valence-electron chi connectivity index (χ2n) is 9.61. The molecule has 8 heteroatoms. The molecule has 8 nitrogen and oxygen atoms in total. The van der Waals surface area contributed by atoms with Crippen molar-refractivity contribution in [1.29, 1.82) is 0 Å². The zero-order chi connectivity index (χ0) is 19.4. The summed E-state index contributed by atoms with van der Waals surface area (Å²) in [6.07, 6.45) is 11.3. The number of hydrogen-bond donors (Lipinski definition) is 0. The fraction of sp³-hybridized carbons (Fsp3) is 0.762. The van der Waals surface area contributed by atoms with E-state index >= 15 is 0 Å². The summed E-state index contributed by atoms with van der Waals surface area (Å²) >= 11 is 0. The van der Waals surface area contributed by atoms with Crippen LogP contribution in [-0.4, -0.2) is 45.3 Å². The molecule has 2 aromatic heterocycles. The van der Waals surface area contributed by atoms with E-state index in [0.29, 0.717) is 23.6 Å². The molecule has 0 amide bonds. The summed E-state index contributed by atoms with van der Waals surface area (Å²) in [5.74, 6) is 4.84. The Bertz CT molecular complexity index is 871. The minimum absolute atomic E-state index is 0.0762. The number of hydrogen-bond acceptors (Lipinski definition) is 8. The third-order valence-corrected chi connectivity index (χ3v) is 7.54. The van der Waals surface area contributed by atoms with Gasteiger partial charge in [-0.2, -0.15) is 19.9 Å². The Morgan fingerprint density at radius 2 is 1.55 bits per heavy atom. The lowest BCUT2D eigenvalue weighted by atomic mass is 9.49. The first-order chi connectivity index (χ1) is 14.2. The summed E-state index contributed by atoms with van der Waals surface area (Å²) in [6, 6.07) is 0.303. The van der Waals surface area contributed by atoms with E-state index in [1.54, 1.807) is 7.11 Å². The van der Waals surface area contributed by atoms with Gasteiger partial charge in [0.05, 0.1) is 12.5 Å². The van der Waals surface area contributed by atoms with Gasteiger partial charge in [-0.3, -0.25) is 0 Å². The summed E-state index contributed by atoms with van der Waals surface area (Å²) < 4.78 is 11.2. The standard InChI is InChI=1S/C21H28N6O2/c1-28-20-24-16(23-19(25-20)27-5-3-2-4-6-27)17-22-18(29-26-17)21-10-13-7-14(11-21)9-15(8-13)12-21/h13-15H,2-12H2,1H3. The number of nitrogens with zero attached hydrogens (tertiary/aromatic N) is 6. The van der Waals surface area contributed by atoms with Gasteiger partial charge in [0, 0.05) is 13.1 Å². The smallest absolute Gasteiger partial charge is 0.321 e. The molecular weight excluding hydrogens is 368 g/mol. The molecule has 1 aliphatic heterocycles. The van der Waals surface area contributed by atoms with Crippen LogP contribution in [0.5, 0.6) is 6.01 Å². The number of rotatable bonds is 4. The molecule has 0 aromatic carbocycles. The number of ether oxygens (including phenoxy) is 1. The van der Waals surface area contributed by atoms with Gasteiger partial charge in [-0.1, -0.05) is 5.16 Å². The Labute approximate surface area is 170 Å². The predicted molar refractivity (Wildman–Crippen MR) is 106 cm³/mol. The minimum atomic E-state index is 0.0762. The second kappa shape index (κ2) is 6.64. The van der Waals surface area contributed by atoms with Gasteiger partial charge in [-0.05, 0) is 75.5 Å². The lowest BCUT2D eigenvalue weighted by Gasteiger charge is -2.55. The first kappa shape index (κ1) is 17.6. The molecule has 5 aliphatic rings. The normalized spacial score (nSPS) is 33.3. The molecule has 154 valence electrons. The van der Waals surface area contributed by atoms with Crippen LogP contribution in [0.1, 0.15) is 63.7 Å². The average molecular weight is 396 g/mol. The van der Waals surface area contributed by atoms with Gasteiger partial charge in [0.2, 0.25) is 23.5 Å². The molecule has 29 heavy (non-hydrogen) atoms. The Morgan fingerprint density at radius 1 is 0.862 bits per heavy atom. The molecule has 1 saturated heterocycles. The maximum absolute atomic E-state index is 5.85. The van der Waals surface area contributed by atoms with E-state index < -0.39 is 0 Å². The molecule has 4 bridgehead atoms. The lowest BCUT2D eigenvalue weighted by Crippen LogP contribution is -2.48. The largest absolute Gasteiger partial charge is 0.467 e. The van der Waals surface area contributed by atoms with Crippen molar-refractivity contribution in [1.82, 2.24) is 25.1 Å². The van der Waals surface area contributed by atoms with Crippen LogP contribution in [0.3, 0.4) is 0 Å². The van der Waals surface area contributed by atoms with Crippen LogP contribution in [0, 0.1) is 17.8 Å². The second-order valence-corrected chi connectivity index (χ2v) is 9.61. The van der Waals surface area contributed by atoms with Crippen molar-refractivity contribution in [3.63, 3.8) is 0 Å². The molecule has 7 rings (SSSR count). The van der Waals surface area contributed by atoms with Gasteiger partial charge >= 0.3 is 6.01 Å². The van der Waals surface area contributed by atoms with Crippen LogP contribution < -0.4 is 9.64 Å². The van der Waals surface area contributed by atoms with Crippen LogP contribution in [0.4, 0.5) is 5.95 Å². The van der Waals surface area contributed by atoms with Gasteiger partial charge in [0.1, 0.15) is 0 Å². The van der Waals surface area contributed by atoms with E-state index in [1.807, 2.05) is 0 Å². The van der Waals surface area contributed by atoms with Gasteiger partial charge in [0.25, 0.3) is 0 Å². The molecule has 5 fully saturated rings. The van der Waals surface area contributed by atoms with E-state index in [4.69, 9.17) is 14.2 Å². The lowest BCUT2D eigenvalue weighted by molar-refractivity contribution is -0.0201. The zero-order valence-electron chi connectivity index (χ0n) is 17.0. The molecule has 0 radical (unpaired) electrons. The average Bonchev–Trinajstić information content (AvgIpc) is 3.24. The number of aromatic nitrogens is 5. The first-order valence-corrected chi connectivity index (χ1v) is 11.1. The highest BCUT2D eigenvalue weighted by Gasteiger charge is 2.54. The third-order valence-electron chi connectivity index (χ3n) is 7.54. The summed E-state index contributed by atoms with van der Waals surface area (Å²) in [5, 5.41) is 4.29. The quantitative estimate of drug-likeness (QED) is 0.777. The number of piperidine rings is 1. The fourth-order valence-electron chi connectivity index (χ4n) is 6.67. The van der Waals surface area contributed by atoms with Crippen molar-refractivity contribution in [2.24, 2.45) is 17.8 Å². The van der Waals surface area contributed by atoms with Crippen LogP contribution in [0.25, 0.3) is 11.6 Å². The molecule has 0 atom stereocenters. The number of methoxy groups -OCH3 is 1. The third kappa shape index (κ3) is 2.99. The Kier molecular flexibility index (Phi) is 4.03. The van der Waals surface area contributed by atoms with Crippen LogP contribution >= 0.6 is 0 Å². The van der Waals surface area contributed by atoms with Crippen molar-refractivity contribution >= 4 is 5.95 Å². The summed E-state index contributed by atoms with van der Waals surface area (Å²) in [5.41, 5.74) is 0.0762. The van der Waals surface area contributed by atoms with Crippen LogP contribution in [0.15, 0.2) is 4.52 Å². The zero-order valence-corrected chi connectivity index (χ0v) is 17.0. The molecule has 0 spiro atoms. The number of anilines is 1.